The van der Waals surface area contributed by atoms with Crippen LogP contribution in [0.25, 0.3) is 22.4 Å². The molecule has 0 aliphatic rings. The third kappa shape index (κ3) is 3.05. The molecule has 1 aromatic heterocycles. The fraction of sp³-hybridized carbons (Fsp3) is 0.150. The van der Waals surface area contributed by atoms with Gasteiger partial charge in [-0.3, -0.25) is 4.98 Å². The summed E-state index contributed by atoms with van der Waals surface area (Å²) in [7, 11) is 0. The Kier molecular flexibility index (Phi) is 4.00. The lowest BCUT2D eigenvalue weighted by Crippen LogP contribution is -1.89. The Morgan fingerprint density at radius 2 is 1.32 bits per heavy atom. The highest BCUT2D eigenvalue weighted by Crippen LogP contribution is 2.30. The predicted octanol–water partition coefficient (Wildman–Crippen LogP) is 5.99. The second kappa shape index (κ2) is 5.94. The van der Waals surface area contributed by atoms with Crippen molar-refractivity contribution in [2.45, 2.75) is 20.8 Å². The van der Waals surface area contributed by atoms with Crippen LogP contribution in [0.4, 0.5) is 0 Å². The highest BCUT2D eigenvalue weighted by molar-refractivity contribution is 6.33. The van der Waals surface area contributed by atoms with Gasteiger partial charge < -0.3 is 0 Å². The van der Waals surface area contributed by atoms with Crippen molar-refractivity contribution in [1.82, 2.24) is 4.98 Å². The minimum Gasteiger partial charge on any atom is -0.254 e. The Balaban J connectivity index is 2.03. The van der Waals surface area contributed by atoms with Gasteiger partial charge in [0.1, 0.15) is 0 Å². The summed E-state index contributed by atoms with van der Waals surface area (Å²) in [6.45, 7) is 6.28. The van der Waals surface area contributed by atoms with E-state index >= 15 is 0 Å². The quantitative estimate of drug-likeness (QED) is 0.566. The molecule has 0 spiro atoms. The fourth-order valence-electron chi connectivity index (χ4n) is 2.66. The second-order valence-corrected chi connectivity index (χ2v) is 6.20. The van der Waals surface area contributed by atoms with Gasteiger partial charge in [-0.1, -0.05) is 70.8 Å². The van der Waals surface area contributed by atoms with Crippen molar-refractivity contribution in [3.63, 3.8) is 0 Å². The number of benzene rings is 2. The zero-order valence-corrected chi connectivity index (χ0v) is 13.8. The molecule has 0 amide bonds. The summed E-state index contributed by atoms with van der Waals surface area (Å²) < 4.78 is 0. The highest BCUT2D eigenvalue weighted by Gasteiger charge is 2.08. The van der Waals surface area contributed by atoms with E-state index in [1.807, 2.05) is 12.3 Å². The van der Waals surface area contributed by atoms with E-state index in [-0.39, 0.29) is 0 Å². The Hall–Kier alpha value is -2.12. The first kappa shape index (κ1) is 14.8. The van der Waals surface area contributed by atoms with Crippen molar-refractivity contribution in [3.05, 3.63) is 76.4 Å². The molecule has 0 radical (unpaired) electrons. The summed E-state index contributed by atoms with van der Waals surface area (Å²) in [6.07, 6.45) is 1.90. The zero-order chi connectivity index (χ0) is 15.7. The third-order valence-corrected chi connectivity index (χ3v) is 4.01. The molecule has 1 nitrogen and oxygen atoms in total. The van der Waals surface area contributed by atoms with Gasteiger partial charge in [-0.2, -0.15) is 0 Å². The van der Waals surface area contributed by atoms with Gasteiger partial charge in [0.2, 0.25) is 0 Å². The summed E-state index contributed by atoms with van der Waals surface area (Å²) in [5.74, 6) is 0. The largest absolute Gasteiger partial charge is 0.254 e. The van der Waals surface area contributed by atoms with Crippen molar-refractivity contribution in [3.8, 4) is 22.4 Å². The molecule has 0 saturated carbocycles. The predicted molar refractivity (Wildman–Crippen MR) is 94.3 cm³/mol. The third-order valence-electron chi connectivity index (χ3n) is 3.72. The molecule has 0 aliphatic heterocycles. The van der Waals surface area contributed by atoms with E-state index in [0.717, 1.165) is 22.4 Å². The molecule has 0 aliphatic carbocycles. The van der Waals surface area contributed by atoms with Crippen LogP contribution in [-0.4, -0.2) is 4.98 Å². The van der Waals surface area contributed by atoms with E-state index in [0.29, 0.717) is 5.02 Å². The van der Waals surface area contributed by atoms with Crippen LogP contribution in [0.2, 0.25) is 5.02 Å². The second-order valence-electron chi connectivity index (χ2n) is 5.80. The summed E-state index contributed by atoms with van der Waals surface area (Å²) in [5.41, 5.74) is 7.79. The maximum Gasteiger partial charge on any atom is 0.0888 e. The molecule has 2 heteroatoms. The number of pyridine rings is 1. The SMILES string of the molecule is Cc1ccc(-c2ncc(-c3cc(C)cc(C)c3)cc2Cl)cc1. The lowest BCUT2D eigenvalue weighted by Gasteiger charge is -2.09. The molecule has 0 saturated heterocycles. The number of nitrogens with zero attached hydrogens (tertiary/aromatic N) is 1. The monoisotopic (exact) mass is 307 g/mol. The Morgan fingerprint density at radius 1 is 0.682 bits per heavy atom. The van der Waals surface area contributed by atoms with Crippen molar-refractivity contribution in [1.29, 1.82) is 0 Å². The first-order chi connectivity index (χ1) is 10.5. The summed E-state index contributed by atoms with van der Waals surface area (Å²) in [5, 5.41) is 0.681. The van der Waals surface area contributed by atoms with Crippen molar-refractivity contribution >= 4 is 11.6 Å². The number of rotatable bonds is 2. The minimum absolute atomic E-state index is 0.681. The van der Waals surface area contributed by atoms with Crippen LogP contribution in [0.3, 0.4) is 0 Å². The molecule has 0 bridgehead atoms. The average Bonchev–Trinajstić information content (AvgIpc) is 2.47. The van der Waals surface area contributed by atoms with E-state index in [4.69, 9.17) is 11.6 Å². The molecule has 110 valence electrons. The normalized spacial score (nSPS) is 10.7. The number of hydrogen-bond donors (Lipinski definition) is 0. The smallest absolute Gasteiger partial charge is 0.0888 e. The molecule has 0 unspecified atom stereocenters. The van der Waals surface area contributed by atoms with Crippen LogP contribution in [0, 0.1) is 20.8 Å². The van der Waals surface area contributed by atoms with Gasteiger partial charge in [0.25, 0.3) is 0 Å². The Bertz CT molecular complexity index is 799. The Labute approximate surface area is 136 Å². The topological polar surface area (TPSA) is 12.9 Å². The molecule has 22 heavy (non-hydrogen) atoms. The summed E-state index contributed by atoms with van der Waals surface area (Å²) >= 11 is 6.47. The van der Waals surface area contributed by atoms with E-state index in [2.05, 4.69) is 68.2 Å². The van der Waals surface area contributed by atoms with Crippen LogP contribution >= 0.6 is 11.6 Å². The first-order valence-electron chi connectivity index (χ1n) is 7.34. The van der Waals surface area contributed by atoms with Crippen LogP contribution in [0.1, 0.15) is 16.7 Å². The molecule has 1 heterocycles. The van der Waals surface area contributed by atoms with Gasteiger partial charge in [0, 0.05) is 17.3 Å². The average molecular weight is 308 g/mol. The maximum absolute atomic E-state index is 6.47. The van der Waals surface area contributed by atoms with E-state index in [1.165, 1.54) is 16.7 Å². The number of hydrogen-bond acceptors (Lipinski definition) is 1. The molecule has 2 aromatic carbocycles. The van der Waals surface area contributed by atoms with Gasteiger partial charge in [-0.05, 0) is 32.4 Å². The van der Waals surface area contributed by atoms with E-state index in [9.17, 15) is 0 Å². The zero-order valence-electron chi connectivity index (χ0n) is 13.0. The van der Waals surface area contributed by atoms with Gasteiger partial charge in [0.15, 0.2) is 0 Å². The molecule has 0 fully saturated rings. The Morgan fingerprint density at radius 3 is 1.91 bits per heavy atom. The number of aryl methyl sites for hydroxylation is 3. The maximum atomic E-state index is 6.47. The summed E-state index contributed by atoms with van der Waals surface area (Å²) in [4.78, 5) is 4.58. The van der Waals surface area contributed by atoms with Crippen LogP contribution < -0.4 is 0 Å². The van der Waals surface area contributed by atoms with Crippen LogP contribution in [0.5, 0.6) is 0 Å². The summed E-state index contributed by atoms with van der Waals surface area (Å²) in [6, 6.07) is 16.7. The number of aromatic nitrogens is 1. The molecule has 3 aromatic rings. The van der Waals surface area contributed by atoms with Crippen molar-refractivity contribution in [2.75, 3.05) is 0 Å². The van der Waals surface area contributed by atoms with E-state index in [1.54, 1.807) is 0 Å². The molecule has 0 N–H and O–H groups in total. The minimum atomic E-state index is 0.681. The molecule has 3 rings (SSSR count). The van der Waals surface area contributed by atoms with Gasteiger partial charge in [0.05, 0.1) is 10.7 Å². The van der Waals surface area contributed by atoms with E-state index < -0.39 is 0 Å². The lowest BCUT2D eigenvalue weighted by atomic mass is 10.0. The fourth-order valence-corrected chi connectivity index (χ4v) is 2.94. The standard InChI is InChI=1S/C20H18ClN/c1-13-4-6-16(7-5-13)20-19(21)11-18(12-22-20)17-9-14(2)8-15(3)10-17/h4-12H,1-3H3. The lowest BCUT2D eigenvalue weighted by molar-refractivity contribution is 1.31. The molecule has 0 atom stereocenters. The van der Waals surface area contributed by atoms with Crippen molar-refractivity contribution < 1.29 is 0 Å². The van der Waals surface area contributed by atoms with Crippen LogP contribution in [0.15, 0.2) is 54.7 Å². The van der Waals surface area contributed by atoms with Gasteiger partial charge >= 0.3 is 0 Å². The molecular weight excluding hydrogens is 290 g/mol. The highest BCUT2D eigenvalue weighted by atomic mass is 35.5. The molecular formula is C20H18ClN. The number of halogens is 1. The van der Waals surface area contributed by atoms with Crippen molar-refractivity contribution in [2.24, 2.45) is 0 Å². The van der Waals surface area contributed by atoms with Crippen LogP contribution in [-0.2, 0) is 0 Å². The van der Waals surface area contributed by atoms with Gasteiger partial charge in [-0.15, -0.1) is 0 Å². The van der Waals surface area contributed by atoms with Gasteiger partial charge in [-0.25, -0.2) is 0 Å². The first-order valence-corrected chi connectivity index (χ1v) is 7.72.